The molecule has 8 heteroatoms. The van der Waals surface area contributed by atoms with Gasteiger partial charge in [-0.2, -0.15) is 5.10 Å². The zero-order valence-corrected chi connectivity index (χ0v) is 18.1. The van der Waals surface area contributed by atoms with Crippen LogP contribution < -0.4 is 16.4 Å². The predicted octanol–water partition coefficient (Wildman–Crippen LogP) is 2.59. The normalized spacial score (nSPS) is 11.0. The molecule has 2 aromatic carbocycles. The molecule has 0 bridgehead atoms. The van der Waals surface area contributed by atoms with E-state index < -0.39 is 5.91 Å². The van der Waals surface area contributed by atoms with Crippen LogP contribution in [-0.2, 0) is 17.8 Å². The van der Waals surface area contributed by atoms with Gasteiger partial charge in [0.1, 0.15) is 0 Å². The van der Waals surface area contributed by atoms with Gasteiger partial charge in [-0.1, -0.05) is 36.4 Å². The number of aryl methyl sites for hydroxylation is 3. The number of carbonyl (C=O) groups excluding carboxylic acids is 2. The Balaban J connectivity index is 1.55. The molecule has 2 N–H and O–H groups in total. The van der Waals surface area contributed by atoms with Crippen molar-refractivity contribution < 1.29 is 9.59 Å². The van der Waals surface area contributed by atoms with Gasteiger partial charge in [0.2, 0.25) is 5.91 Å². The van der Waals surface area contributed by atoms with Crippen molar-refractivity contribution in [2.75, 3.05) is 0 Å². The van der Waals surface area contributed by atoms with Crippen molar-refractivity contribution >= 4 is 33.5 Å². The smallest absolute Gasteiger partial charge is 0.273 e. The molecular formula is C24H23N5O3. The molecule has 4 aromatic rings. The summed E-state index contributed by atoms with van der Waals surface area (Å²) in [5.41, 5.74) is 8.13. The first-order valence-corrected chi connectivity index (χ1v) is 10.3. The number of nitrogens with zero attached hydrogens (tertiary/aromatic N) is 3. The van der Waals surface area contributed by atoms with Crippen LogP contribution in [0.4, 0.5) is 0 Å². The van der Waals surface area contributed by atoms with Crippen LogP contribution >= 0.6 is 0 Å². The largest absolute Gasteiger partial charge is 0.290 e. The Morgan fingerprint density at radius 1 is 0.938 bits per heavy atom. The standard InChI is InChI=1S/C24H23N5O3/c1-4-29-24(32)18-11-6-5-10-17(18)22(28-29)23(31)27-26-21(30)13-19-14(2)16-9-7-8-12-20(16)25-15(19)3/h5-12H,4,13H2,1-3H3,(H,26,30)(H,27,31). The van der Waals surface area contributed by atoms with Gasteiger partial charge in [-0.3, -0.25) is 30.2 Å². The third-order valence-corrected chi connectivity index (χ3v) is 5.52. The minimum Gasteiger partial charge on any atom is -0.273 e. The van der Waals surface area contributed by atoms with Crippen molar-refractivity contribution in [2.45, 2.75) is 33.7 Å². The van der Waals surface area contributed by atoms with E-state index >= 15 is 0 Å². The summed E-state index contributed by atoms with van der Waals surface area (Å²) in [6, 6.07) is 14.5. The maximum absolute atomic E-state index is 12.8. The van der Waals surface area contributed by atoms with Gasteiger partial charge in [-0.05, 0) is 44.0 Å². The summed E-state index contributed by atoms with van der Waals surface area (Å²) in [5, 5.41) is 5.99. The monoisotopic (exact) mass is 429 g/mol. The van der Waals surface area contributed by atoms with E-state index in [2.05, 4.69) is 20.9 Å². The fourth-order valence-electron chi connectivity index (χ4n) is 3.84. The van der Waals surface area contributed by atoms with Crippen molar-refractivity contribution in [3.8, 4) is 0 Å². The van der Waals surface area contributed by atoms with Crippen molar-refractivity contribution in [1.82, 2.24) is 25.6 Å². The van der Waals surface area contributed by atoms with E-state index in [-0.39, 0.29) is 23.6 Å². The number of hydrogen-bond acceptors (Lipinski definition) is 5. The fourth-order valence-corrected chi connectivity index (χ4v) is 3.84. The molecular weight excluding hydrogens is 406 g/mol. The Bertz CT molecular complexity index is 1420. The molecule has 0 atom stereocenters. The summed E-state index contributed by atoms with van der Waals surface area (Å²) in [6.07, 6.45) is 0.0679. The van der Waals surface area contributed by atoms with Crippen LogP contribution in [0.15, 0.2) is 53.3 Å². The number of hydrazine groups is 1. The first kappa shape index (κ1) is 21.2. The number of carbonyl (C=O) groups is 2. The van der Waals surface area contributed by atoms with Crippen LogP contribution in [0.25, 0.3) is 21.7 Å². The highest BCUT2D eigenvalue weighted by Gasteiger charge is 2.18. The minimum atomic E-state index is -0.596. The molecule has 162 valence electrons. The van der Waals surface area contributed by atoms with Crippen LogP contribution in [0.5, 0.6) is 0 Å². The molecule has 2 amide bonds. The van der Waals surface area contributed by atoms with Gasteiger partial charge in [0.25, 0.3) is 11.5 Å². The summed E-state index contributed by atoms with van der Waals surface area (Å²) in [7, 11) is 0. The van der Waals surface area contributed by atoms with Crippen molar-refractivity contribution in [1.29, 1.82) is 0 Å². The van der Waals surface area contributed by atoms with Crippen LogP contribution in [0, 0.1) is 13.8 Å². The van der Waals surface area contributed by atoms with Crippen LogP contribution in [0.3, 0.4) is 0 Å². The summed E-state index contributed by atoms with van der Waals surface area (Å²) in [4.78, 5) is 42.4. The maximum atomic E-state index is 12.8. The third kappa shape index (κ3) is 3.82. The molecule has 0 aliphatic heterocycles. The van der Waals surface area contributed by atoms with E-state index in [9.17, 15) is 14.4 Å². The van der Waals surface area contributed by atoms with Gasteiger partial charge < -0.3 is 0 Å². The molecule has 0 saturated carbocycles. The Morgan fingerprint density at radius 3 is 2.31 bits per heavy atom. The molecule has 0 fully saturated rings. The number of fused-ring (bicyclic) bond motifs is 2. The summed E-state index contributed by atoms with van der Waals surface area (Å²) >= 11 is 0. The van der Waals surface area contributed by atoms with E-state index in [1.807, 2.05) is 38.1 Å². The highest BCUT2D eigenvalue weighted by Crippen LogP contribution is 2.22. The highest BCUT2D eigenvalue weighted by atomic mass is 16.2. The molecule has 2 heterocycles. The lowest BCUT2D eigenvalue weighted by molar-refractivity contribution is -0.121. The lowest BCUT2D eigenvalue weighted by Crippen LogP contribution is -2.43. The SMILES string of the molecule is CCn1nc(C(=O)NNC(=O)Cc2c(C)nc3ccccc3c2C)c2ccccc2c1=O. The van der Waals surface area contributed by atoms with Crippen LogP contribution in [0.1, 0.15) is 34.2 Å². The number of hydrogen-bond donors (Lipinski definition) is 2. The molecule has 0 spiro atoms. The zero-order valence-electron chi connectivity index (χ0n) is 18.1. The Kier molecular flexibility index (Phi) is 5.68. The number of amides is 2. The molecule has 0 radical (unpaired) electrons. The number of pyridine rings is 1. The lowest BCUT2D eigenvalue weighted by atomic mass is 9.99. The first-order chi connectivity index (χ1) is 15.4. The molecule has 8 nitrogen and oxygen atoms in total. The molecule has 2 aromatic heterocycles. The van der Waals surface area contributed by atoms with E-state index in [1.54, 1.807) is 31.2 Å². The second-order valence-electron chi connectivity index (χ2n) is 7.51. The first-order valence-electron chi connectivity index (χ1n) is 10.3. The van der Waals surface area contributed by atoms with Crippen molar-refractivity contribution in [2.24, 2.45) is 0 Å². The molecule has 32 heavy (non-hydrogen) atoms. The van der Waals surface area contributed by atoms with Gasteiger partial charge >= 0.3 is 0 Å². The summed E-state index contributed by atoms with van der Waals surface area (Å²) in [6.45, 7) is 5.92. The third-order valence-electron chi connectivity index (χ3n) is 5.52. The van der Waals surface area contributed by atoms with Gasteiger partial charge in [-0.15, -0.1) is 0 Å². The highest BCUT2D eigenvalue weighted by molar-refractivity contribution is 6.05. The molecule has 0 aliphatic rings. The topological polar surface area (TPSA) is 106 Å². The maximum Gasteiger partial charge on any atom is 0.290 e. The van der Waals surface area contributed by atoms with E-state index in [0.29, 0.717) is 17.3 Å². The fraction of sp³-hybridized carbons (Fsp3) is 0.208. The second-order valence-corrected chi connectivity index (χ2v) is 7.51. The van der Waals surface area contributed by atoms with Gasteiger partial charge in [0.15, 0.2) is 5.69 Å². The minimum absolute atomic E-state index is 0.0679. The summed E-state index contributed by atoms with van der Waals surface area (Å²) < 4.78 is 1.23. The molecule has 0 aliphatic carbocycles. The van der Waals surface area contributed by atoms with E-state index in [0.717, 1.165) is 27.7 Å². The zero-order chi connectivity index (χ0) is 22.8. The summed E-state index contributed by atoms with van der Waals surface area (Å²) in [5.74, 6) is -0.975. The number of nitrogens with one attached hydrogen (secondary N) is 2. The van der Waals surface area contributed by atoms with Crippen LogP contribution in [-0.4, -0.2) is 26.6 Å². The molecule has 0 unspecified atom stereocenters. The molecule has 0 saturated heterocycles. The number of para-hydroxylation sites is 1. The van der Waals surface area contributed by atoms with Gasteiger partial charge in [0, 0.05) is 23.0 Å². The van der Waals surface area contributed by atoms with Gasteiger partial charge in [-0.25, -0.2) is 4.68 Å². The van der Waals surface area contributed by atoms with Crippen molar-refractivity contribution in [3.05, 3.63) is 81.4 Å². The second kappa shape index (κ2) is 8.58. The van der Waals surface area contributed by atoms with Gasteiger partial charge in [0.05, 0.1) is 17.3 Å². The quantitative estimate of drug-likeness (QED) is 0.485. The Morgan fingerprint density at radius 2 is 1.59 bits per heavy atom. The molecule has 4 rings (SSSR count). The van der Waals surface area contributed by atoms with Crippen LogP contribution in [0.2, 0.25) is 0 Å². The number of benzene rings is 2. The van der Waals surface area contributed by atoms with E-state index in [4.69, 9.17) is 0 Å². The number of rotatable bonds is 4. The Labute approximate surface area is 184 Å². The lowest BCUT2D eigenvalue weighted by Gasteiger charge is -2.13. The van der Waals surface area contributed by atoms with Crippen molar-refractivity contribution in [3.63, 3.8) is 0 Å². The predicted molar refractivity (Wildman–Crippen MR) is 122 cm³/mol. The average Bonchev–Trinajstić information content (AvgIpc) is 2.80. The van der Waals surface area contributed by atoms with E-state index in [1.165, 1.54) is 4.68 Å². The Hall–Kier alpha value is -4.07. The average molecular weight is 429 g/mol. The number of aromatic nitrogens is 3.